The van der Waals surface area contributed by atoms with Gasteiger partial charge in [-0.3, -0.25) is 4.99 Å². The quantitative estimate of drug-likeness (QED) is 0.911. The third-order valence-corrected chi connectivity index (χ3v) is 3.55. The van der Waals surface area contributed by atoms with E-state index in [9.17, 15) is 0 Å². The maximum atomic E-state index is 4.65. The second kappa shape index (κ2) is 7.81. The largest absolute Gasteiger partial charge is 0.309 e. The van der Waals surface area contributed by atoms with E-state index >= 15 is 0 Å². The van der Waals surface area contributed by atoms with Gasteiger partial charge in [-0.1, -0.05) is 60.7 Å². The van der Waals surface area contributed by atoms with Gasteiger partial charge >= 0.3 is 0 Å². The number of hydrogen-bond donors (Lipinski definition) is 2. The zero-order chi connectivity index (χ0) is 13.6. The maximum Gasteiger partial charge on any atom is 0.118 e. The van der Waals surface area contributed by atoms with Crippen LogP contribution in [0.3, 0.4) is 0 Å². The first-order valence-corrected chi connectivity index (χ1v) is 7.05. The minimum absolute atomic E-state index is 0. The Morgan fingerprint density at radius 3 is 2.24 bits per heavy atom. The molecule has 0 saturated heterocycles. The molecule has 0 spiro atoms. The predicted molar refractivity (Wildman–Crippen MR) is 90.0 cm³/mol. The van der Waals surface area contributed by atoms with E-state index in [1.807, 2.05) is 0 Å². The summed E-state index contributed by atoms with van der Waals surface area (Å²) in [5.74, 6) is 1.30. The molecule has 3 nitrogen and oxygen atoms in total. The van der Waals surface area contributed by atoms with Crippen LogP contribution in [0, 0.1) is 0 Å². The summed E-state index contributed by atoms with van der Waals surface area (Å²) in [6.07, 6.45) is 0.957. The Morgan fingerprint density at radius 1 is 0.952 bits per heavy atom. The molecule has 0 radical (unpaired) electrons. The van der Waals surface area contributed by atoms with Gasteiger partial charge in [0.05, 0.1) is 6.54 Å². The van der Waals surface area contributed by atoms with Crippen molar-refractivity contribution in [2.24, 2.45) is 4.99 Å². The number of hydrogen-bond acceptors (Lipinski definition) is 3. The fraction of sp³-hybridized carbons (Fsp3) is 0.235. The summed E-state index contributed by atoms with van der Waals surface area (Å²) < 4.78 is 0. The first-order chi connectivity index (χ1) is 9.93. The Morgan fingerprint density at radius 2 is 1.62 bits per heavy atom. The molecule has 110 valence electrons. The molecule has 2 aromatic rings. The lowest BCUT2D eigenvalue weighted by molar-refractivity contribution is 0.601. The molecule has 0 aliphatic carbocycles. The van der Waals surface area contributed by atoms with E-state index in [4.69, 9.17) is 0 Å². The summed E-state index contributed by atoms with van der Waals surface area (Å²) in [5, 5.41) is 0. The Bertz CT molecular complexity index is 569. The summed E-state index contributed by atoms with van der Waals surface area (Å²) in [7, 11) is 0. The van der Waals surface area contributed by atoms with Crippen LogP contribution in [-0.4, -0.2) is 18.9 Å². The van der Waals surface area contributed by atoms with E-state index in [0.717, 1.165) is 25.3 Å². The molecule has 21 heavy (non-hydrogen) atoms. The summed E-state index contributed by atoms with van der Waals surface area (Å²) in [6, 6.07) is 21.2. The van der Waals surface area contributed by atoms with Crippen LogP contribution in [0.1, 0.15) is 17.0 Å². The van der Waals surface area contributed by atoms with Crippen molar-refractivity contribution in [3.63, 3.8) is 0 Å². The van der Waals surface area contributed by atoms with Crippen molar-refractivity contribution in [2.45, 2.75) is 12.3 Å². The van der Waals surface area contributed by atoms with Crippen LogP contribution in [0.15, 0.2) is 65.7 Å². The van der Waals surface area contributed by atoms with Gasteiger partial charge in [0.25, 0.3) is 0 Å². The zero-order valence-corrected chi connectivity index (χ0v) is 12.6. The average Bonchev–Trinajstić information content (AvgIpc) is 2.55. The van der Waals surface area contributed by atoms with Crippen LogP contribution < -0.4 is 10.9 Å². The van der Waals surface area contributed by atoms with Gasteiger partial charge in [-0.15, -0.1) is 12.4 Å². The van der Waals surface area contributed by atoms with Gasteiger partial charge in [0, 0.05) is 12.5 Å². The standard InChI is InChI=1S/C17H19N3.ClH/c1-3-7-14(8-4-1)13-16(15-9-5-2-6-10-15)17-18-11-12-19-20-17;/h1-10,16,19H,11-13H2,(H,18,20);1H. The van der Waals surface area contributed by atoms with Crippen molar-refractivity contribution < 1.29 is 0 Å². The molecule has 1 atom stereocenters. The van der Waals surface area contributed by atoms with E-state index in [2.05, 4.69) is 76.5 Å². The van der Waals surface area contributed by atoms with Crippen LogP contribution in [0.4, 0.5) is 0 Å². The molecule has 0 amide bonds. The lowest BCUT2D eigenvalue weighted by Crippen LogP contribution is -2.46. The third-order valence-electron chi connectivity index (χ3n) is 3.55. The van der Waals surface area contributed by atoms with Crippen LogP contribution in [0.5, 0.6) is 0 Å². The Labute approximate surface area is 131 Å². The van der Waals surface area contributed by atoms with Gasteiger partial charge in [0.15, 0.2) is 0 Å². The van der Waals surface area contributed by atoms with E-state index < -0.39 is 0 Å². The van der Waals surface area contributed by atoms with E-state index in [1.54, 1.807) is 0 Å². The molecule has 2 aromatic carbocycles. The number of aliphatic imine (C=N–C) groups is 1. The number of hydrazine groups is 1. The second-order valence-electron chi connectivity index (χ2n) is 4.97. The molecule has 0 fully saturated rings. The molecule has 0 bridgehead atoms. The van der Waals surface area contributed by atoms with Crippen molar-refractivity contribution in [3.05, 3.63) is 71.8 Å². The highest BCUT2D eigenvalue weighted by Gasteiger charge is 2.20. The van der Waals surface area contributed by atoms with Crippen molar-refractivity contribution in [3.8, 4) is 0 Å². The Hall–Kier alpha value is -1.84. The maximum absolute atomic E-state index is 4.65. The normalized spacial score (nSPS) is 15.3. The number of nitrogens with one attached hydrogen (secondary N) is 2. The van der Waals surface area contributed by atoms with Gasteiger partial charge < -0.3 is 5.43 Å². The van der Waals surface area contributed by atoms with Crippen molar-refractivity contribution in [2.75, 3.05) is 13.1 Å². The number of nitrogens with zero attached hydrogens (tertiary/aromatic N) is 1. The highest BCUT2D eigenvalue weighted by atomic mass is 35.5. The summed E-state index contributed by atoms with van der Waals surface area (Å²) >= 11 is 0. The molecule has 0 aromatic heterocycles. The predicted octanol–water partition coefficient (Wildman–Crippen LogP) is 2.94. The Kier molecular flexibility index (Phi) is 5.78. The highest BCUT2D eigenvalue weighted by Crippen LogP contribution is 2.22. The number of halogens is 1. The van der Waals surface area contributed by atoms with Crippen molar-refractivity contribution >= 4 is 18.2 Å². The summed E-state index contributed by atoms with van der Waals surface area (Å²) in [4.78, 5) is 4.65. The number of benzene rings is 2. The smallest absolute Gasteiger partial charge is 0.118 e. The molecule has 3 rings (SSSR count). The van der Waals surface area contributed by atoms with E-state index in [-0.39, 0.29) is 18.3 Å². The molecule has 0 saturated carbocycles. The molecular formula is C17H20ClN3. The van der Waals surface area contributed by atoms with Crippen molar-refractivity contribution in [1.82, 2.24) is 10.9 Å². The van der Waals surface area contributed by atoms with E-state index in [0.29, 0.717) is 0 Å². The minimum atomic E-state index is 0. The first-order valence-electron chi connectivity index (χ1n) is 7.05. The average molecular weight is 302 g/mol. The molecular weight excluding hydrogens is 282 g/mol. The number of amidine groups is 1. The van der Waals surface area contributed by atoms with Gasteiger partial charge in [0.1, 0.15) is 5.84 Å². The molecule has 2 N–H and O–H groups in total. The molecule has 4 heteroatoms. The highest BCUT2D eigenvalue weighted by molar-refractivity contribution is 5.89. The molecule has 1 aliphatic heterocycles. The second-order valence-corrected chi connectivity index (χ2v) is 4.97. The van der Waals surface area contributed by atoms with Crippen LogP contribution in [0.25, 0.3) is 0 Å². The van der Waals surface area contributed by atoms with Gasteiger partial charge in [-0.2, -0.15) is 0 Å². The minimum Gasteiger partial charge on any atom is -0.309 e. The lowest BCUT2D eigenvalue weighted by atomic mass is 9.91. The first kappa shape index (κ1) is 15.5. The van der Waals surface area contributed by atoms with E-state index in [1.165, 1.54) is 11.1 Å². The monoisotopic (exact) mass is 301 g/mol. The fourth-order valence-electron chi connectivity index (χ4n) is 2.53. The summed E-state index contributed by atoms with van der Waals surface area (Å²) in [5.41, 5.74) is 9.06. The molecule has 1 heterocycles. The van der Waals surface area contributed by atoms with Crippen LogP contribution >= 0.6 is 12.4 Å². The topological polar surface area (TPSA) is 36.4 Å². The summed E-state index contributed by atoms with van der Waals surface area (Å²) in [6.45, 7) is 1.72. The number of rotatable bonds is 4. The SMILES string of the molecule is Cl.c1ccc(CC(C2=NCCNN2)c2ccccc2)cc1. The third kappa shape index (κ3) is 4.06. The zero-order valence-electron chi connectivity index (χ0n) is 11.8. The fourth-order valence-corrected chi connectivity index (χ4v) is 2.53. The van der Waals surface area contributed by atoms with Crippen LogP contribution in [0.2, 0.25) is 0 Å². The van der Waals surface area contributed by atoms with Crippen molar-refractivity contribution in [1.29, 1.82) is 0 Å². The Balaban J connectivity index is 0.00000161. The van der Waals surface area contributed by atoms with Crippen LogP contribution in [-0.2, 0) is 6.42 Å². The molecule has 1 unspecified atom stereocenters. The van der Waals surface area contributed by atoms with Gasteiger partial charge in [0.2, 0.25) is 0 Å². The lowest BCUT2D eigenvalue weighted by Gasteiger charge is -2.24. The molecule has 1 aliphatic rings. The van der Waals surface area contributed by atoms with Gasteiger partial charge in [-0.25, -0.2) is 5.43 Å². The van der Waals surface area contributed by atoms with Gasteiger partial charge in [-0.05, 0) is 17.5 Å².